The van der Waals surface area contributed by atoms with Gasteiger partial charge in [-0.3, -0.25) is 0 Å². The van der Waals surface area contributed by atoms with Crippen LogP contribution < -0.4 is 4.72 Å². The summed E-state index contributed by atoms with van der Waals surface area (Å²) >= 11 is 0. The standard InChI is InChI=1S/C17H18N2O3S/c1-11-8-9-16(12(2)10-11)23(20,21)19-13(3)17-18-14-6-4-5-7-15(14)22-17/h4-10,13,19H,1-3H3. The first-order chi connectivity index (χ1) is 10.9. The Morgan fingerprint density at radius 2 is 1.87 bits per heavy atom. The van der Waals surface area contributed by atoms with Crippen LogP contribution >= 0.6 is 0 Å². The molecule has 23 heavy (non-hydrogen) atoms. The minimum atomic E-state index is -3.64. The maximum atomic E-state index is 12.6. The summed E-state index contributed by atoms with van der Waals surface area (Å²) in [7, 11) is -3.64. The number of fused-ring (bicyclic) bond motifs is 1. The molecule has 0 amide bonds. The van der Waals surface area contributed by atoms with E-state index in [1.54, 1.807) is 32.0 Å². The van der Waals surface area contributed by atoms with Crippen molar-refractivity contribution in [1.82, 2.24) is 9.71 Å². The van der Waals surface area contributed by atoms with Crippen molar-refractivity contribution in [2.24, 2.45) is 0 Å². The van der Waals surface area contributed by atoms with E-state index in [2.05, 4.69) is 9.71 Å². The molecule has 0 saturated carbocycles. The number of rotatable bonds is 4. The molecule has 5 nitrogen and oxygen atoms in total. The van der Waals surface area contributed by atoms with E-state index in [0.717, 1.165) is 5.56 Å². The Morgan fingerprint density at radius 3 is 2.57 bits per heavy atom. The molecule has 0 aliphatic rings. The van der Waals surface area contributed by atoms with Crippen LogP contribution in [0.4, 0.5) is 0 Å². The van der Waals surface area contributed by atoms with E-state index in [0.29, 0.717) is 22.6 Å². The minimum Gasteiger partial charge on any atom is -0.439 e. The van der Waals surface area contributed by atoms with Gasteiger partial charge in [0.25, 0.3) is 0 Å². The van der Waals surface area contributed by atoms with Crippen LogP contribution in [0.1, 0.15) is 30.0 Å². The molecule has 0 aliphatic carbocycles. The highest BCUT2D eigenvalue weighted by Crippen LogP contribution is 2.23. The molecule has 1 unspecified atom stereocenters. The first-order valence-electron chi connectivity index (χ1n) is 7.32. The highest BCUT2D eigenvalue weighted by atomic mass is 32.2. The maximum Gasteiger partial charge on any atom is 0.241 e. The molecule has 0 fully saturated rings. The quantitative estimate of drug-likeness (QED) is 0.795. The Kier molecular flexibility index (Phi) is 3.95. The van der Waals surface area contributed by atoms with E-state index in [9.17, 15) is 8.42 Å². The molecular formula is C17H18N2O3S. The summed E-state index contributed by atoms with van der Waals surface area (Å²) in [5, 5.41) is 0. The van der Waals surface area contributed by atoms with E-state index < -0.39 is 16.1 Å². The number of hydrogen-bond donors (Lipinski definition) is 1. The molecule has 1 atom stereocenters. The van der Waals surface area contributed by atoms with Gasteiger partial charge in [-0.2, -0.15) is 4.72 Å². The topological polar surface area (TPSA) is 72.2 Å². The minimum absolute atomic E-state index is 0.270. The number of hydrogen-bond acceptors (Lipinski definition) is 4. The van der Waals surface area contributed by atoms with Crippen LogP contribution in [-0.4, -0.2) is 13.4 Å². The van der Waals surface area contributed by atoms with Crippen LogP contribution in [0.5, 0.6) is 0 Å². The van der Waals surface area contributed by atoms with Crippen molar-refractivity contribution in [2.45, 2.75) is 31.7 Å². The predicted molar refractivity (Wildman–Crippen MR) is 88.7 cm³/mol. The van der Waals surface area contributed by atoms with Crippen molar-refractivity contribution < 1.29 is 12.8 Å². The number of para-hydroxylation sites is 2. The number of sulfonamides is 1. The van der Waals surface area contributed by atoms with Gasteiger partial charge in [-0.05, 0) is 44.5 Å². The molecule has 0 saturated heterocycles. The summed E-state index contributed by atoms with van der Waals surface area (Å²) in [6.07, 6.45) is 0. The van der Waals surface area contributed by atoms with Gasteiger partial charge in [0.05, 0.1) is 10.9 Å². The second-order valence-corrected chi connectivity index (χ2v) is 7.31. The van der Waals surface area contributed by atoms with Crippen molar-refractivity contribution in [3.63, 3.8) is 0 Å². The summed E-state index contributed by atoms with van der Waals surface area (Å²) < 4.78 is 33.4. The molecule has 2 aromatic carbocycles. The second-order valence-electron chi connectivity index (χ2n) is 5.63. The summed E-state index contributed by atoms with van der Waals surface area (Å²) in [5.41, 5.74) is 3.08. The van der Waals surface area contributed by atoms with E-state index >= 15 is 0 Å². The van der Waals surface area contributed by atoms with Gasteiger partial charge in [0.15, 0.2) is 5.58 Å². The second kappa shape index (κ2) is 5.79. The summed E-state index contributed by atoms with van der Waals surface area (Å²) in [5.74, 6) is 0.347. The zero-order valence-electron chi connectivity index (χ0n) is 13.2. The number of oxazole rings is 1. The maximum absolute atomic E-state index is 12.6. The SMILES string of the molecule is Cc1ccc(S(=O)(=O)NC(C)c2nc3ccccc3o2)c(C)c1. The van der Waals surface area contributed by atoms with Crippen LogP contribution in [0.15, 0.2) is 51.8 Å². The molecule has 1 N–H and O–H groups in total. The van der Waals surface area contributed by atoms with E-state index in [1.165, 1.54) is 0 Å². The Labute approximate surface area is 135 Å². The predicted octanol–water partition coefficient (Wildman–Crippen LogP) is 3.48. The van der Waals surface area contributed by atoms with E-state index in [1.807, 2.05) is 31.2 Å². The largest absolute Gasteiger partial charge is 0.439 e. The lowest BCUT2D eigenvalue weighted by molar-refractivity contribution is 0.467. The lowest BCUT2D eigenvalue weighted by Gasteiger charge is -2.13. The highest BCUT2D eigenvalue weighted by molar-refractivity contribution is 7.89. The van der Waals surface area contributed by atoms with Gasteiger partial charge in [-0.15, -0.1) is 0 Å². The number of nitrogens with zero attached hydrogens (tertiary/aromatic N) is 1. The Hall–Kier alpha value is -2.18. The van der Waals surface area contributed by atoms with Crippen LogP contribution in [0.2, 0.25) is 0 Å². The molecule has 6 heteroatoms. The number of benzene rings is 2. The molecule has 3 aromatic rings. The van der Waals surface area contributed by atoms with Crippen LogP contribution in [-0.2, 0) is 10.0 Å². The van der Waals surface area contributed by atoms with Crippen molar-refractivity contribution in [3.05, 3.63) is 59.5 Å². The normalized spacial score (nSPS) is 13.3. The summed E-state index contributed by atoms with van der Waals surface area (Å²) in [6, 6.07) is 12.0. The highest BCUT2D eigenvalue weighted by Gasteiger charge is 2.23. The molecule has 1 aromatic heterocycles. The average Bonchev–Trinajstić information content (AvgIpc) is 2.90. The van der Waals surface area contributed by atoms with Crippen molar-refractivity contribution in [1.29, 1.82) is 0 Å². The van der Waals surface area contributed by atoms with Crippen molar-refractivity contribution in [3.8, 4) is 0 Å². The third-order valence-electron chi connectivity index (χ3n) is 3.63. The van der Waals surface area contributed by atoms with E-state index in [-0.39, 0.29) is 4.90 Å². The van der Waals surface area contributed by atoms with Gasteiger partial charge in [0, 0.05) is 0 Å². The smallest absolute Gasteiger partial charge is 0.241 e. The molecule has 0 aliphatic heterocycles. The Bertz CT molecular complexity index is 928. The molecule has 120 valence electrons. The van der Waals surface area contributed by atoms with Gasteiger partial charge in [-0.1, -0.05) is 29.8 Å². The number of aryl methyl sites for hydroxylation is 2. The molecule has 0 spiro atoms. The zero-order valence-corrected chi connectivity index (χ0v) is 14.0. The van der Waals surface area contributed by atoms with Crippen LogP contribution in [0, 0.1) is 13.8 Å². The van der Waals surface area contributed by atoms with Gasteiger partial charge >= 0.3 is 0 Å². The summed E-state index contributed by atoms with van der Waals surface area (Å²) in [6.45, 7) is 5.43. The Morgan fingerprint density at radius 1 is 1.13 bits per heavy atom. The molecule has 0 radical (unpaired) electrons. The van der Waals surface area contributed by atoms with Crippen LogP contribution in [0.3, 0.4) is 0 Å². The van der Waals surface area contributed by atoms with E-state index in [4.69, 9.17) is 4.42 Å². The van der Waals surface area contributed by atoms with Gasteiger partial charge in [-0.25, -0.2) is 13.4 Å². The Balaban J connectivity index is 1.90. The third kappa shape index (κ3) is 3.13. The lowest BCUT2D eigenvalue weighted by atomic mass is 10.2. The fourth-order valence-electron chi connectivity index (χ4n) is 2.52. The number of aromatic nitrogens is 1. The molecular weight excluding hydrogens is 312 g/mol. The van der Waals surface area contributed by atoms with Gasteiger partial charge < -0.3 is 4.42 Å². The molecule has 3 rings (SSSR count). The number of nitrogens with one attached hydrogen (secondary N) is 1. The van der Waals surface area contributed by atoms with Crippen LogP contribution in [0.25, 0.3) is 11.1 Å². The zero-order chi connectivity index (χ0) is 16.6. The van der Waals surface area contributed by atoms with Crippen molar-refractivity contribution >= 4 is 21.1 Å². The average molecular weight is 330 g/mol. The first kappa shape index (κ1) is 15.7. The fraction of sp³-hybridized carbons (Fsp3) is 0.235. The fourth-order valence-corrected chi connectivity index (χ4v) is 3.95. The first-order valence-corrected chi connectivity index (χ1v) is 8.80. The third-order valence-corrected chi connectivity index (χ3v) is 5.33. The van der Waals surface area contributed by atoms with Crippen molar-refractivity contribution in [2.75, 3.05) is 0 Å². The lowest BCUT2D eigenvalue weighted by Crippen LogP contribution is -2.27. The summed E-state index contributed by atoms with van der Waals surface area (Å²) in [4.78, 5) is 4.60. The molecule has 1 heterocycles. The molecule has 0 bridgehead atoms. The van der Waals surface area contributed by atoms with Gasteiger partial charge in [0.2, 0.25) is 15.9 Å². The van der Waals surface area contributed by atoms with Gasteiger partial charge in [0.1, 0.15) is 5.52 Å². The monoisotopic (exact) mass is 330 g/mol.